The van der Waals surface area contributed by atoms with Gasteiger partial charge in [-0.05, 0) is 37.1 Å². The molecule has 1 fully saturated rings. The van der Waals surface area contributed by atoms with E-state index in [0.29, 0.717) is 17.7 Å². The number of urea groups is 1. The molecule has 22 heavy (non-hydrogen) atoms. The van der Waals surface area contributed by atoms with E-state index >= 15 is 0 Å². The summed E-state index contributed by atoms with van der Waals surface area (Å²) in [5.74, 6) is 1.75. The summed E-state index contributed by atoms with van der Waals surface area (Å²) in [6, 6.07) is 11.0. The molecule has 1 heterocycles. The number of carbonyl (C=O) groups excluding carboxylic acids is 1. The van der Waals surface area contributed by atoms with Crippen LogP contribution in [-0.2, 0) is 0 Å². The van der Waals surface area contributed by atoms with Crippen LogP contribution in [0.25, 0.3) is 0 Å². The van der Waals surface area contributed by atoms with Crippen LogP contribution in [0.15, 0.2) is 36.4 Å². The summed E-state index contributed by atoms with van der Waals surface area (Å²) in [5, 5.41) is 16.6. The average molecular weight is 299 g/mol. The highest BCUT2D eigenvalue weighted by molar-refractivity contribution is 5.88. The van der Waals surface area contributed by atoms with Gasteiger partial charge in [-0.25, -0.2) is 4.79 Å². The van der Waals surface area contributed by atoms with Gasteiger partial charge in [0.05, 0.1) is 7.11 Å². The van der Waals surface area contributed by atoms with Crippen LogP contribution >= 0.6 is 0 Å². The smallest absolute Gasteiger partial charge is 0.320 e. The molecule has 1 saturated carbocycles. The standard InChI is InChI=1S/C15H17N5O2/c1-22-12-4-2-3-11(9-12)16-13-7-8-14(20-19-13)18-15(21)17-10-5-6-10/h2-4,7-10H,5-6H2,1H3,(H,16,19)(H2,17,18,20,21). The van der Waals surface area contributed by atoms with E-state index in [-0.39, 0.29) is 6.03 Å². The maximum Gasteiger partial charge on any atom is 0.320 e. The van der Waals surface area contributed by atoms with Gasteiger partial charge in [0.25, 0.3) is 0 Å². The van der Waals surface area contributed by atoms with Crippen molar-refractivity contribution in [2.75, 3.05) is 17.7 Å². The van der Waals surface area contributed by atoms with Gasteiger partial charge in [0.2, 0.25) is 0 Å². The highest BCUT2D eigenvalue weighted by Crippen LogP contribution is 2.20. The number of rotatable bonds is 5. The summed E-state index contributed by atoms with van der Waals surface area (Å²) < 4.78 is 5.16. The Bertz CT molecular complexity index is 655. The summed E-state index contributed by atoms with van der Waals surface area (Å²) in [7, 11) is 1.62. The van der Waals surface area contributed by atoms with Crippen LogP contribution in [0.2, 0.25) is 0 Å². The highest BCUT2D eigenvalue weighted by atomic mass is 16.5. The van der Waals surface area contributed by atoms with Gasteiger partial charge in [-0.3, -0.25) is 5.32 Å². The van der Waals surface area contributed by atoms with Crippen LogP contribution in [0.4, 0.5) is 22.1 Å². The van der Waals surface area contributed by atoms with E-state index in [9.17, 15) is 4.79 Å². The second-order valence-corrected chi connectivity index (χ2v) is 5.03. The molecule has 3 N–H and O–H groups in total. The van der Waals surface area contributed by atoms with Gasteiger partial charge in [-0.15, -0.1) is 10.2 Å². The second kappa shape index (κ2) is 6.30. The van der Waals surface area contributed by atoms with Crippen molar-refractivity contribution in [3.63, 3.8) is 0 Å². The molecule has 7 nitrogen and oxygen atoms in total. The van der Waals surface area contributed by atoms with Crippen molar-refractivity contribution in [1.82, 2.24) is 15.5 Å². The number of hydrogen-bond acceptors (Lipinski definition) is 5. The largest absolute Gasteiger partial charge is 0.497 e. The number of hydrogen-bond donors (Lipinski definition) is 3. The maximum atomic E-state index is 11.6. The first-order valence-corrected chi connectivity index (χ1v) is 7.05. The third-order valence-electron chi connectivity index (χ3n) is 3.16. The first-order valence-electron chi connectivity index (χ1n) is 7.05. The molecule has 2 amide bonds. The van der Waals surface area contributed by atoms with E-state index in [1.807, 2.05) is 24.3 Å². The van der Waals surface area contributed by atoms with Crippen molar-refractivity contribution in [2.45, 2.75) is 18.9 Å². The molecule has 1 aliphatic carbocycles. The van der Waals surface area contributed by atoms with E-state index in [0.717, 1.165) is 24.3 Å². The molecule has 1 aliphatic rings. The third kappa shape index (κ3) is 3.85. The van der Waals surface area contributed by atoms with Crippen LogP contribution in [0, 0.1) is 0 Å². The van der Waals surface area contributed by atoms with Crippen LogP contribution in [-0.4, -0.2) is 29.4 Å². The zero-order valence-corrected chi connectivity index (χ0v) is 12.2. The van der Waals surface area contributed by atoms with Crippen LogP contribution < -0.4 is 20.7 Å². The van der Waals surface area contributed by atoms with E-state index in [1.165, 1.54) is 0 Å². The van der Waals surface area contributed by atoms with E-state index in [1.54, 1.807) is 19.2 Å². The number of methoxy groups -OCH3 is 1. The fourth-order valence-electron chi connectivity index (χ4n) is 1.88. The summed E-state index contributed by atoms with van der Waals surface area (Å²) in [5.41, 5.74) is 0.848. The molecule has 2 aromatic rings. The molecule has 3 rings (SSSR count). The molecular formula is C15H17N5O2. The van der Waals surface area contributed by atoms with Gasteiger partial charge in [-0.1, -0.05) is 6.07 Å². The topological polar surface area (TPSA) is 88.2 Å². The number of amides is 2. The summed E-state index contributed by atoms with van der Waals surface area (Å²) in [6.45, 7) is 0. The number of carbonyl (C=O) groups is 1. The van der Waals surface area contributed by atoms with Crippen molar-refractivity contribution in [1.29, 1.82) is 0 Å². The predicted octanol–water partition coefficient (Wildman–Crippen LogP) is 2.51. The number of ether oxygens (including phenoxy) is 1. The summed E-state index contributed by atoms with van der Waals surface area (Å²) in [6.07, 6.45) is 2.09. The monoisotopic (exact) mass is 299 g/mol. The maximum absolute atomic E-state index is 11.6. The van der Waals surface area contributed by atoms with Crippen LogP contribution in [0.3, 0.4) is 0 Å². The summed E-state index contributed by atoms with van der Waals surface area (Å²) >= 11 is 0. The van der Waals surface area contributed by atoms with Gasteiger partial charge < -0.3 is 15.4 Å². The molecule has 0 saturated heterocycles. The van der Waals surface area contributed by atoms with Gasteiger partial charge in [0.1, 0.15) is 5.75 Å². The average Bonchev–Trinajstić information content (AvgIpc) is 3.33. The Morgan fingerprint density at radius 1 is 1.18 bits per heavy atom. The van der Waals surface area contributed by atoms with E-state index < -0.39 is 0 Å². The minimum atomic E-state index is -0.245. The third-order valence-corrected chi connectivity index (χ3v) is 3.16. The molecule has 1 aromatic carbocycles. The minimum absolute atomic E-state index is 0.245. The molecule has 0 radical (unpaired) electrons. The normalized spacial score (nSPS) is 13.3. The Kier molecular flexibility index (Phi) is 4.04. The second-order valence-electron chi connectivity index (χ2n) is 5.03. The Balaban J connectivity index is 1.59. The van der Waals surface area contributed by atoms with Gasteiger partial charge in [-0.2, -0.15) is 0 Å². The number of benzene rings is 1. The zero-order chi connectivity index (χ0) is 15.4. The molecule has 0 unspecified atom stereocenters. The molecule has 0 spiro atoms. The fraction of sp³-hybridized carbons (Fsp3) is 0.267. The molecule has 0 aliphatic heterocycles. The summed E-state index contributed by atoms with van der Waals surface area (Å²) in [4.78, 5) is 11.6. The van der Waals surface area contributed by atoms with Crippen molar-refractivity contribution in [2.24, 2.45) is 0 Å². The lowest BCUT2D eigenvalue weighted by atomic mass is 10.3. The SMILES string of the molecule is COc1cccc(Nc2ccc(NC(=O)NC3CC3)nn2)c1. The van der Waals surface area contributed by atoms with Gasteiger partial charge >= 0.3 is 6.03 Å². The molecular weight excluding hydrogens is 282 g/mol. The van der Waals surface area contributed by atoms with E-state index in [2.05, 4.69) is 26.1 Å². The Morgan fingerprint density at radius 3 is 2.64 bits per heavy atom. The molecule has 0 atom stereocenters. The number of aromatic nitrogens is 2. The van der Waals surface area contributed by atoms with Crippen molar-refractivity contribution in [3.05, 3.63) is 36.4 Å². The first kappa shape index (κ1) is 14.1. The Morgan fingerprint density at radius 2 is 1.95 bits per heavy atom. The molecule has 1 aromatic heterocycles. The Labute approximate surface area is 128 Å². The number of nitrogens with zero attached hydrogens (tertiary/aromatic N) is 2. The lowest BCUT2D eigenvalue weighted by Crippen LogP contribution is -2.30. The van der Waals surface area contributed by atoms with Crippen LogP contribution in [0.1, 0.15) is 12.8 Å². The Hall–Kier alpha value is -2.83. The molecule has 0 bridgehead atoms. The van der Waals surface area contributed by atoms with Crippen molar-refractivity contribution < 1.29 is 9.53 Å². The predicted molar refractivity (Wildman–Crippen MR) is 83.5 cm³/mol. The zero-order valence-electron chi connectivity index (χ0n) is 12.2. The van der Waals surface area contributed by atoms with Crippen molar-refractivity contribution in [3.8, 4) is 5.75 Å². The van der Waals surface area contributed by atoms with Gasteiger partial charge in [0.15, 0.2) is 11.6 Å². The quantitative estimate of drug-likeness (QED) is 0.789. The first-order chi connectivity index (χ1) is 10.7. The highest BCUT2D eigenvalue weighted by Gasteiger charge is 2.23. The lowest BCUT2D eigenvalue weighted by molar-refractivity contribution is 0.251. The molecule has 7 heteroatoms. The van der Waals surface area contributed by atoms with Gasteiger partial charge in [0, 0.05) is 17.8 Å². The van der Waals surface area contributed by atoms with E-state index in [4.69, 9.17) is 4.74 Å². The van der Waals surface area contributed by atoms with Crippen molar-refractivity contribution >= 4 is 23.4 Å². The minimum Gasteiger partial charge on any atom is -0.497 e. The van der Waals surface area contributed by atoms with Crippen LogP contribution in [0.5, 0.6) is 5.75 Å². The lowest BCUT2D eigenvalue weighted by Gasteiger charge is -2.08. The molecule has 114 valence electrons. The number of nitrogens with one attached hydrogen (secondary N) is 3. The number of anilines is 3. The fourth-order valence-corrected chi connectivity index (χ4v) is 1.88.